The molecule has 146 valence electrons. The summed E-state index contributed by atoms with van der Waals surface area (Å²) < 4.78 is 0. The number of carbonyl (C=O) groups excluding carboxylic acids is 1. The number of hydrogen-bond acceptors (Lipinski definition) is 6. The Hall–Kier alpha value is -3.36. The lowest BCUT2D eigenvalue weighted by Gasteiger charge is -2.05. The van der Waals surface area contributed by atoms with Crippen LogP contribution in [0.1, 0.15) is 15.9 Å². The summed E-state index contributed by atoms with van der Waals surface area (Å²) in [6.45, 7) is 0. The van der Waals surface area contributed by atoms with Crippen LogP contribution in [0.5, 0.6) is 5.75 Å². The number of rotatable bonds is 6. The molecule has 0 aliphatic carbocycles. The highest BCUT2D eigenvalue weighted by molar-refractivity contribution is 7.99. The highest BCUT2D eigenvalue weighted by Gasteiger charge is 2.15. The topological polar surface area (TPSA) is 105 Å². The molecule has 0 aliphatic heterocycles. The molecule has 3 aromatic rings. The van der Waals surface area contributed by atoms with E-state index in [1.54, 1.807) is 48.5 Å². The van der Waals surface area contributed by atoms with E-state index in [0.717, 1.165) is 4.90 Å². The van der Waals surface area contributed by atoms with Crippen LogP contribution in [-0.2, 0) is 0 Å². The van der Waals surface area contributed by atoms with Crippen LogP contribution < -0.4 is 5.43 Å². The van der Waals surface area contributed by atoms with Gasteiger partial charge in [0.25, 0.3) is 11.6 Å². The molecule has 0 aromatic heterocycles. The molecule has 0 unspecified atom stereocenters. The van der Waals surface area contributed by atoms with E-state index in [0.29, 0.717) is 15.5 Å². The molecule has 1 amide bonds. The third-order valence-electron chi connectivity index (χ3n) is 3.75. The van der Waals surface area contributed by atoms with Gasteiger partial charge in [0.1, 0.15) is 5.75 Å². The van der Waals surface area contributed by atoms with Crippen molar-refractivity contribution >= 4 is 41.2 Å². The first-order valence-electron chi connectivity index (χ1n) is 8.27. The summed E-state index contributed by atoms with van der Waals surface area (Å²) in [6.07, 6.45) is 1.29. The average Bonchev–Trinajstić information content (AvgIpc) is 2.70. The van der Waals surface area contributed by atoms with Crippen molar-refractivity contribution in [2.24, 2.45) is 5.10 Å². The molecular weight excluding hydrogens is 414 g/mol. The van der Waals surface area contributed by atoms with Gasteiger partial charge in [-0.05, 0) is 42.5 Å². The van der Waals surface area contributed by atoms with Gasteiger partial charge in [-0.1, -0.05) is 41.6 Å². The van der Waals surface area contributed by atoms with E-state index in [9.17, 15) is 20.0 Å². The van der Waals surface area contributed by atoms with Crippen molar-refractivity contribution in [3.8, 4) is 5.75 Å². The lowest BCUT2D eigenvalue weighted by atomic mass is 10.2. The Bertz CT molecular complexity index is 1090. The zero-order valence-corrected chi connectivity index (χ0v) is 16.4. The van der Waals surface area contributed by atoms with Crippen molar-refractivity contribution in [2.75, 3.05) is 0 Å². The van der Waals surface area contributed by atoms with Gasteiger partial charge in [0.05, 0.1) is 21.6 Å². The van der Waals surface area contributed by atoms with E-state index in [1.165, 1.54) is 36.2 Å². The van der Waals surface area contributed by atoms with Gasteiger partial charge in [-0.15, -0.1) is 0 Å². The van der Waals surface area contributed by atoms with Crippen LogP contribution in [0.25, 0.3) is 0 Å². The summed E-state index contributed by atoms with van der Waals surface area (Å²) in [6, 6.07) is 17.7. The molecule has 0 atom stereocenters. The van der Waals surface area contributed by atoms with E-state index in [4.69, 9.17) is 11.6 Å². The number of aromatic hydroxyl groups is 1. The monoisotopic (exact) mass is 427 g/mol. The summed E-state index contributed by atoms with van der Waals surface area (Å²) in [5.41, 5.74) is 2.71. The summed E-state index contributed by atoms with van der Waals surface area (Å²) in [5, 5.41) is 25.5. The van der Waals surface area contributed by atoms with Crippen molar-refractivity contribution in [1.29, 1.82) is 0 Å². The number of para-hydroxylation sites is 1. The Morgan fingerprint density at radius 3 is 2.55 bits per heavy atom. The molecule has 0 bridgehead atoms. The van der Waals surface area contributed by atoms with E-state index in [-0.39, 0.29) is 17.0 Å². The molecule has 2 N–H and O–H groups in total. The van der Waals surface area contributed by atoms with Gasteiger partial charge in [0.15, 0.2) is 0 Å². The lowest BCUT2D eigenvalue weighted by molar-refractivity contribution is -0.387. The second-order valence-corrected chi connectivity index (χ2v) is 7.31. The van der Waals surface area contributed by atoms with Crippen molar-refractivity contribution in [1.82, 2.24) is 5.43 Å². The second-order valence-electron chi connectivity index (χ2n) is 5.76. The Morgan fingerprint density at radius 2 is 1.86 bits per heavy atom. The summed E-state index contributed by atoms with van der Waals surface area (Å²) in [5.74, 6) is -0.761. The number of nitro benzene ring substituents is 1. The highest BCUT2D eigenvalue weighted by atomic mass is 35.5. The van der Waals surface area contributed by atoms with Gasteiger partial charge < -0.3 is 5.11 Å². The molecule has 9 heteroatoms. The smallest absolute Gasteiger partial charge is 0.283 e. The molecular formula is C20H14ClN3O4S. The third-order valence-corrected chi connectivity index (χ3v) is 5.07. The van der Waals surface area contributed by atoms with E-state index < -0.39 is 10.8 Å². The van der Waals surface area contributed by atoms with E-state index in [2.05, 4.69) is 10.5 Å². The number of amides is 1. The maximum atomic E-state index is 12.0. The quantitative estimate of drug-likeness (QED) is 0.331. The maximum absolute atomic E-state index is 12.0. The van der Waals surface area contributed by atoms with Crippen LogP contribution >= 0.6 is 23.4 Å². The lowest BCUT2D eigenvalue weighted by Crippen LogP contribution is -2.17. The van der Waals surface area contributed by atoms with Crippen LogP contribution in [0.15, 0.2) is 81.6 Å². The van der Waals surface area contributed by atoms with Gasteiger partial charge in [-0.2, -0.15) is 5.10 Å². The number of hydrazone groups is 1. The first-order chi connectivity index (χ1) is 13.9. The van der Waals surface area contributed by atoms with Crippen LogP contribution in [0.4, 0.5) is 5.69 Å². The number of phenolic OH excluding ortho intramolecular Hbond substituents is 1. The van der Waals surface area contributed by atoms with Crippen LogP contribution in [-0.4, -0.2) is 22.2 Å². The molecule has 0 radical (unpaired) electrons. The van der Waals surface area contributed by atoms with Crippen LogP contribution in [0.3, 0.4) is 0 Å². The second kappa shape index (κ2) is 9.22. The molecule has 0 saturated carbocycles. The number of carbonyl (C=O) groups is 1. The zero-order chi connectivity index (χ0) is 20.8. The molecule has 0 saturated heterocycles. The number of phenols is 1. The summed E-state index contributed by atoms with van der Waals surface area (Å²) in [7, 11) is 0. The molecule has 3 rings (SSSR count). The van der Waals surface area contributed by atoms with Crippen molar-refractivity contribution < 1.29 is 14.8 Å². The van der Waals surface area contributed by atoms with Crippen LogP contribution in [0.2, 0.25) is 5.02 Å². The van der Waals surface area contributed by atoms with E-state index in [1.807, 2.05) is 0 Å². The number of nitrogens with one attached hydrogen (secondary N) is 1. The Labute approximate surface area is 175 Å². The number of benzene rings is 3. The molecule has 0 spiro atoms. The number of halogens is 1. The Kier molecular flexibility index (Phi) is 6.48. The Morgan fingerprint density at radius 1 is 1.14 bits per heavy atom. The predicted molar refractivity (Wildman–Crippen MR) is 112 cm³/mol. The fraction of sp³-hybridized carbons (Fsp3) is 0. The zero-order valence-electron chi connectivity index (χ0n) is 14.8. The first-order valence-corrected chi connectivity index (χ1v) is 9.47. The normalized spacial score (nSPS) is 10.8. The fourth-order valence-electron chi connectivity index (χ4n) is 2.36. The summed E-state index contributed by atoms with van der Waals surface area (Å²) >= 11 is 7.11. The number of nitro groups is 1. The Balaban J connectivity index is 1.75. The highest BCUT2D eigenvalue weighted by Crippen LogP contribution is 2.35. The van der Waals surface area contributed by atoms with Gasteiger partial charge in [-0.25, -0.2) is 5.43 Å². The SMILES string of the molecule is O=C(NN=Cc1ccc(Sc2ccc(Cl)cc2)c([N+](=O)[O-])c1)c1ccccc1O. The van der Waals surface area contributed by atoms with Crippen molar-refractivity contribution in [2.45, 2.75) is 9.79 Å². The largest absolute Gasteiger partial charge is 0.507 e. The van der Waals surface area contributed by atoms with Crippen molar-refractivity contribution in [3.63, 3.8) is 0 Å². The molecule has 29 heavy (non-hydrogen) atoms. The minimum atomic E-state index is -0.594. The van der Waals surface area contributed by atoms with Gasteiger partial charge >= 0.3 is 0 Å². The maximum Gasteiger partial charge on any atom is 0.283 e. The number of nitrogens with zero attached hydrogens (tertiary/aromatic N) is 2. The van der Waals surface area contributed by atoms with Crippen molar-refractivity contribution in [3.05, 3.63) is 93.0 Å². The number of hydrogen-bond donors (Lipinski definition) is 2. The van der Waals surface area contributed by atoms with Gasteiger partial charge in [0, 0.05) is 21.5 Å². The molecule has 7 nitrogen and oxygen atoms in total. The standard InChI is InChI=1S/C20H14ClN3O4S/c21-14-6-8-15(9-7-14)29-19-10-5-13(11-17(19)24(27)28)12-22-23-20(26)16-3-1-2-4-18(16)25/h1-12,25H,(H,23,26). The minimum Gasteiger partial charge on any atom is -0.507 e. The van der Waals surface area contributed by atoms with Gasteiger partial charge in [-0.3, -0.25) is 14.9 Å². The molecule has 0 aliphatic rings. The van der Waals surface area contributed by atoms with E-state index >= 15 is 0 Å². The van der Waals surface area contributed by atoms with Gasteiger partial charge in [0.2, 0.25) is 0 Å². The third kappa shape index (κ3) is 5.34. The molecule has 0 heterocycles. The fourth-order valence-corrected chi connectivity index (χ4v) is 3.39. The minimum absolute atomic E-state index is 0.0744. The average molecular weight is 428 g/mol. The molecule has 0 fully saturated rings. The molecule has 3 aromatic carbocycles. The summed E-state index contributed by atoms with van der Waals surface area (Å²) in [4.78, 5) is 24.3. The predicted octanol–water partition coefficient (Wildman–Crippen LogP) is 4.87. The first kappa shape index (κ1) is 20.4. The van der Waals surface area contributed by atoms with Crippen LogP contribution in [0, 0.1) is 10.1 Å².